The van der Waals surface area contributed by atoms with E-state index in [9.17, 15) is 13.9 Å². The first-order valence-electron chi connectivity index (χ1n) is 6.83. The Balaban J connectivity index is 2.02. The smallest absolute Gasteiger partial charge is 0.387 e. The van der Waals surface area contributed by atoms with Gasteiger partial charge in [-0.1, -0.05) is 19.1 Å². The highest BCUT2D eigenvalue weighted by atomic mass is 19.3. The summed E-state index contributed by atoms with van der Waals surface area (Å²) in [5.74, 6) is 0.880. The minimum absolute atomic E-state index is 0.0773. The van der Waals surface area contributed by atoms with Gasteiger partial charge in [-0.3, -0.25) is 0 Å². The number of aliphatic hydroxyl groups is 1. The van der Waals surface area contributed by atoms with Crippen LogP contribution in [-0.2, 0) is 13.0 Å². The molecular formula is C15H18F2N2O2. The second kappa shape index (κ2) is 7.17. The molecule has 0 amide bonds. The van der Waals surface area contributed by atoms with Gasteiger partial charge in [-0.2, -0.15) is 8.78 Å². The molecule has 1 aromatic heterocycles. The summed E-state index contributed by atoms with van der Waals surface area (Å²) in [6.45, 7) is 0.0767. The lowest BCUT2D eigenvalue weighted by Crippen LogP contribution is -2.09. The van der Waals surface area contributed by atoms with Crippen LogP contribution in [0.3, 0.4) is 0 Å². The Morgan fingerprint density at radius 3 is 2.62 bits per heavy atom. The lowest BCUT2D eigenvalue weighted by molar-refractivity contribution is -0.0498. The second-order valence-electron chi connectivity index (χ2n) is 4.70. The third-order valence-electron chi connectivity index (χ3n) is 3.13. The molecular weight excluding hydrogens is 278 g/mol. The summed E-state index contributed by atoms with van der Waals surface area (Å²) < 4.78 is 30.4. The molecule has 1 aromatic carbocycles. The summed E-state index contributed by atoms with van der Waals surface area (Å²) in [4.78, 5) is 4.24. The number of ether oxygens (including phenoxy) is 1. The minimum Gasteiger partial charge on any atom is -0.435 e. The van der Waals surface area contributed by atoms with E-state index in [1.165, 1.54) is 12.1 Å². The van der Waals surface area contributed by atoms with Gasteiger partial charge in [0.25, 0.3) is 0 Å². The number of aryl methyl sites for hydroxylation is 1. The van der Waals surface area contributed by atoms with E-state index >= 15 is 0 Å². The molecule has 0 spiro atoms. The van der Waals surface area contributed by atoms with Crippen molar-refractivity contribution in [2.24, 2.45) is 0 Å². The predicted octanol–water partition coefficient (Wildman–Crippen LogP) is 3.17. The van der Waals surface area contributed by atoms with Crippen molar-refractivity contribution in [1.82, 2.24) is 9.55 Å². The molecule has 0 aliphatic rings. The predicted molar refractivity (Wildman–Crippen MR) is 74.3 cm³/mol. The molecule has 0 saturated heterocycles. The fourth-order valence-corrected chi connectivity index (χ4v) is 2.14. The van der Waals surface area contributed by atoms with E-state index in [2.05, 4.69) is 16.6 Å². The van der Waals surface area contributed by atoms with Gasteiger partial charge in [0, 0.05) is 25.4 Å². The van der Waals surface area contributed by atoms with E-state index in [1.807, 2.05) is 10.8 Å². The van der Waals surface area contributed by atoms with Crippen LogP contribution in [-0.4, -0.2) is 21.3 Å². The van der Waals surface area contributed by atoms with Crippen LogP contribution in [0.15, 0.2) is 36.7 Å². The molecule has 21 heavy (non-hydrogen) atoms. The van der Waals surface area contributed by atoms with Crippen LogP contribution in [0.5, 0.6) is 5.75 Å². The highest BCUT2D eigenvalue weighted by Gasteiger charge is 2.13. The van der Waals surface area contributed by atoms with E-state index in [1.54, 1.807) is 18.3 Å². The number of imidazole rings is 1. The van der Waals surface area contributed by atoms with E-state index in [0.717, 1.165) is 18.8 Å². The van der Waals surface area contributed by atoms with Gasteiger partial charge in [0.1, 0.15) is 11.6 Å². The zero-order chi connectivity index (χ0) is 15.2. The maximum absolute atomic E-state index is 12.1. The fourth-order valence-electron chi connectivity index (χ4n) is 2.14. The van der Waals surface area contributed by atoms with Crippen molar-refractivity contribution in [3.63, 3.8) is 0 Å². The number of nitrogens with zero attached hydrogens (tertiary/aromatic N) is 2. The second-order valence-corrected chi connectivity index (χ2v) is 4.70. The van der Waals surface area contributed by atoms with Crippen LogP contribution >= 0.6 is 0 Å². The summed E-state index contributed by atoms with van der Waals surface area (Å²) in [6, 6.07) is 6.00. The van der Waals surface area contributed by atoms with Crippen LogP contribution in [0, 0.1) is 0 Å². The maximum atomic E-state index is 12.1. The fraction of sp³-hybridized carbons (Fsp3) is 0.400. The molecule has 0 bridgehead atoms. The van der Waals surface area contributed by atoms with Crippen LogP contribution < -0.4 is 4.74 Å². The van der Waals surface area contributed by atoms with Gasteiger partial charge in [-0.05, 0) is 24.1 Å². The van der Waals surface area contributed by atoms with Crippen LogP contribution in [0.1, 0.15) is 30.8 Å². The van der Waals surface area contributed by atoms with E-state index in [4.69, 9.17) is 0 Å². The Kier molecular flexibility index (Phi) is 5.27. The average molecular weight is 296 g/mol. The first-order chi connectivity index (χ1) is 10.1. The number of aliphatic hydroxyl groups excluding tert-OH is 1. The number of benzene rings is 1. The van der Waals surface area contributed by atoms with Crippen LogP contribution in [0.4, 0.5) is 8.78 Å². The van der Waals surface area contributed by atoms with Crippen LogP contribution in [0.2, 0.25) is 0 Å². The van der Waals surface area contributed by atoms with E-state index < -0.39 is 12.7 Å². The first-order valence-corrected chi connectivity index (χ1v) is 6.83. The van der Waals surface area contributed by atoms with E-state index in [-0.39, 0.29) is 5.75 Å². The largest absolute Gasteiger partial charge is 0.435 e. The van der Waals surface area contributed by atoms with E-state index in [0.29, 0.717) is 12.0 Å². The number of halogens is 2. The quantitative estimate of drug-likeness (QED) is 0.853. The van der Waals surface area contributed by atoms with Gasteiger partial charge >= 0.3 is 6.61 Å². The zero-order valence-corrected chi connectivity index (χ0v) is 11.7. The summed E-state index contributed by atoms with van der Waals surface area (Å²) in [7, 11) is 0. The molecule has 1 unspecified atom stereocenters. The van der Waals surface area contributed by atoms with Crippen molar-refractivity contribution >= 4 is 0 Å². The maximum Gasteiger partial charge on any atom is 0.387 e. The number of rotatable bonds is 7. The van der Waals surface area contributed by atoms with Crippen molar-refractivity contribution in [2.45, 2.75) is 39.0 Å². The first kappa shape index (κ1) is 15.4. The summed E-state index contributed by atoms with van der Waals surface area (Å²) >= 11 is 0. The number of alkyl halides is 2. The molecule has 4 nitrogen and oxygen atoms in total. The third kappa shape index (κ3) is 4.26. The Hall–Kier alpha value is -1.95. The van der Waals surface area contributed by atoms with Gasteiger partial charge < -0.3 is 14.4 Å². The van der Waals surface area contributed by atoms with Crippen molar-refractivity contribution in [2.75, 3.05) is 0 Å². The van der Waals surface area contributed by atoms with Crippen molar-refractivity contribution < 1.29 is 18.6 Å². The monoisotopic (exact) mass is 296 g/mol. The zero-order valence-electron chi connectivity index (χ0n) is 11.7. The Morgan fingerprint density at radius 1 is 1.29 bits per heavy atom. The van der Waals surface area contributed by atoms with Crippen molar-refractivity contribution in [3.8, 4) is 5.75 Å². The lowest BCUT2D eigenvalue weighted by atomic mass is 10.1. The topological polar surface area (TPSA) is 47.3 Å². The Morgan fingerprint density at radius 2 is 2.00 bits per heavy atom. The van der Waals surface area contributed by atoms with Gasteiger partial charge in [-0.25, -0.2) is 4.98 Å². The molecule has 1 N–H and O–H groups in total. The van der Waals surface area contributed by atoms with Gasteiger partial charge in [-0.15, -0.1) is 0 Å². The summed E-state index contributed by atoms with van der Waals surface area (Å²) in [5.41, 5.74) is 0.641. The number of aromatic nitrogens is 2. The highest BCUT2D eigenvalue weighted by molar-refractivity contribution is 5.29. The molecule has 114 valence electrons. The minimum atomic E-state index is -2.85. The van der Waals surface area contributed by atoms with Crippen molar-refractivity contribution in [1.29, 1.82) is 0 Å². The van der Waals surface area contributed by atoms with Gasteiger partial charge in [0.15, 0.2) is 0 Å². The standard InChI is InChI=1S/C15H18F2N2O2/c1-2-8-19-9-7-18-14(19)10-13(20)11-3-5-12(6-4-11)21-15(16)17/h3-7,9,13,15,20H,2,8,10H2,1H3. The molecule has 2 aromatic rings. The number of hydrogen-bond acceptors (Lipinski definition) is 3. The molecule has 1 atom stereocenters. The summed E-state index contributed by atoms with van der Waals surface area (Å²) in [6.07, 6.45) is 4.22. The average Bonchev–Trinajstić information content (AvgIpc) is 2.86. The molecule has 2 rings (SSSR count). The van der Waals surface area contributed by atoms with Crippen molar-refractivity contribution in [3.05, 3.63) is 48.0 Å². The Bertz CT molecular complexity index is 555. The van der Waals surface area contributed by atoms with Gasteiger partial charge in [0.2, 0.25) is 0 Å². The molecule has 0 saturated carbocycles. The Labute approximate surface area is 122 Å². The SMILES string of the molecule is CCCn1ccnc1CC(O)c1ccc(OC(F)F)cc1. The number of hydrogen-bond donors (Lipinski definition) is 1. The molecule has 1 heterocycles. The normalized spacial score (nSPS) is 12.6. The lowest BCUT2D eigenvalue weighted by Gasteiger charge is -2.13. The molecule has 0 fully saturated rings. The molecule has 0 aliphatic carbocycles. The summed E-state index contributed by atoms with van der Waals surface area (Å²) in [5, 5.41) is 10.2. The van der Waals surface area contributed by atoms with Crippen LogP contribution in [0.25, 0.3) is 0 Å². The van der Waals surface area contributed by atoms with Gasteiger partial charge in [0.05, 0.1) is 6.10 Å². The highest BCUT2D eigenvalue weighted by Crippen LogP contribution is 2.21. The molecule has 0 aliphatic heterocycles. The molecule has 6 heteroatoms. The molecule has 0 radical (unpaired) electrons. The third-order valence-corrected chi connectivity index (χ3v) is 3.13.